The molecule has 0 aliphatic heterocycles. The standard InChI is InChI=1S/C15H11ClFNO/c1-19-15-5-2-10(8-11(15)6-7-18)13-4-3-12(17)9-14(13)16/h2-5,8-9H,6H2,1H3. The van der Waals surface area contributed by atoms with Gasteiger partial charge in [-0.2, -0.15) is 5.26 Å². The van der Waals surface area contributed by atoms with Crippen molar-refractivity contribution >= 4 is 11.6 Å². The average Bonchev–Trinajstić information content (AvgIpc) is 2.39. The second kappa shape index (κ2) is 5.73. The number of ether oxygens (including phenoxy) is 1. The van der Waals surface area contributed by atoms with Gasteiger partial charge in [-0.3, -0.25) is 0 Å². The van der Waals surface area contributed by atoms with Crippen LogP contribution in [0.4, 0.5) is 4.39 Å². The lowest BCUT2D eigenvalue weighted by molar-refractivity contribution is 0.411. The molecule has 0 amide bonds. The Morgan fingerprint density at radius 3 is 2.68 bits per heavy atom. The van der Waals surface area contributed by atoms with Gasteiger partial charge in [-0.1, -0.05) is 17.7 Å². The van der Waals surface area contributed by atoms with Gasteiger partial charge in [-0.05, 0) is 35.9 Å². The zero-order valence-electron chi connectivity index (χ0n) is 10.3. The molecule has 0 aromatic heterocycles. The summed E-state index contributed by atoms with van der Waals surface area (Å²) in [7, 11) is 1.56. The Morgan fingerprint density at radius 1 is 1.26 bits per heavy atom. The van der Waals surface area contributed by atoms with Gasteiger partial charge in [-0.25, -0.2) is 4.39 Å². The minimum absolute atomic E-state index is 0.246. The van der Waals surface area contributed by atoms with E-state index in [-0.39, 0.29) is 12.2 Å². The first kappa shape index (κ1) is 13.4. The lowest BCUT2D eigenvalue weighted by Gasteiger charge is -2.10. The van der Waals surface area contributed by atoms with E-state index >= 15 is 0 Å². The van der Waals surface area contributed by atoms with E-state index in [4.69, 9.17) is 21.6 Å². The monoisotopic (exact) mass is 275 g/mol. The van der Waals surface area contributed by atoms with Gasteiger partial charge < -0.3 is 4.74 Å². The summed E-state index contributed by atoms with van der Waals surface area (Å²) >= 11 is 6.03. The smallest absolute Gasteiger partial charge is 0.124 e. The van der Waals surface area contributed by atoms with Crippen LogP contribution in [-0.4, -0.2) is 7.11 Å². The van der Waals surface area contributed by atoms with E-state index in [2.05, 4.69) is 6.07 Å². The summed E-state index contributed by atoms with van der Waals surface area (Å²) in [6.07, 6.45) is 0.246. The molecule has 2 nitrogen and oxygen atoms in total. The van der Waals surface area contributed by atoms with Crippen LogP contribution in [0.5, 0.6) is 5.75 Å². The highest BCUT2D eigenvalue weighted by Gasteiger charge is 2.09. The molecule has 0 saturated heterocycles. The minimum atomic E-state index is -0.375. The number of nitriles is 1. The van der Waals surface area contributed by atoms with Gasteiger partial charge in [0.1, 0.15) is 11.6 Å². The number of benzene rings is 2. The molecule has 0 bridgehead atoms. The topological polar surface area (TPSA) is 33.0 Å². The first-order valence-electron chi connectivity index (χ1n) is 5.65. The normalized spacial score (nSPS) is 10.0. The molecule has 4 heteroatoms. The molecule has 2 aromatic rings. The van der Waals surface area contributed by atoms with Crippen LogP contribution < -0.4 is 4.74 Å². The molecule has 2 aromatic carbocycles. The largest absolute Gasteiger partial charge is 0.496 e. The summed E-state index contributed by atoms with van der Waals surface area (Å²) in [5, 5.41) is 9.15. The van der Waals surface area contributed by atoms with Crippen molar-refractivity contribution in [1.82, 2.24) is 0 Å². The minimum Gasteiger partial charge on any atom is -0.496 e. The fraction of sp³-hybridized carbons (Fsp3) is 0.133. The first-order valence-corrected chi connectivity index (χ1v) is 6.03. The fourth-order valence-electron chi connectivity index (χ4n) is 1.89. The zero-order valence-corrected chi connectivity index (χ0v) is 11.0. The Hall–Kier alpha value is -2.05. The van der Waals surface area contributed by atoms with Crippen LogP contribution in [0.1, 0.15) is 5.56 Å². The molecule has 0 heterocycles. The van der Waals surface area contributed by atoms with Gasteiger partial charge in [0.05, 0.1) is 24.6 Å². The Kier molecular flexibility index (Phi) is 4.03. The van der Waals surface area contributed by atoms with Gasteiger partial charge >= 0.3 is 0 Å². The fourth-order valence-corrected chi connectivity index (χ4v) is 2.17. The number of methoxy groups -OCH3 is 1. The number of hydrogen-bond acceptors (Lipinski definition) is 2. The van der Waals surface area contributed by atoms with Gasteiger partial charge in [0.15, 0.2) is 0 Å². The number of halogens is 2. The van der Waals surface area contributed by atoms with Crippen molar-refractivity contribution in [2.24, 2.45) is 0 Å². The highest BCUT2D eigenvalue weighted by Crippen LogP contribution is 2.32. The van der Waals surface area contributed by atoms with Crippen LogP contribution in [0.25, 0.3) is 11.1 Å². The van der Waals surface area contributed by atoms with Gasteiger partial charge in [0.25, 0.3) is 0 Å². The molecule has 0 unspecified atom stereocenters. The molecule has 0 saturated carbocycles. The van der Waals surface area contributed by atoms with Crippen molar-refractivity contribution in [1.29, 1.82) is 5.26 Å². The number of hydrogen-bond donors (Lipinski definition) is 0. The van der Waals surface area contributed by atoms with Gasteiger partial charge in [0, 0.05) is 11.1 Å². The molecule has 0 radical (unpaired) electrons. The molecular weight excluding hydrogens is 265 g/mol. The van der Waals surface area contributed by atoms with E-state index in [9.17, 15) is 4.39 Å². The summed E-state index contributed by atoms with van der Waals surface area (Å²) in [5.74, 6) is 0.281. The van der Waals surface area contributed by atoms with Crippen molar-refractivity contribution in [3.05, 3.63) is 52.8 Å². The molecule has 96 valence electrons. The SMILES string of the molecule is COc1ccc(-c2ccc(F)cc2Cl)cc1CC#N. The zero-order chi connectivity index (χ0) is 13.8. The third kappa shape index (κ3) is 2.86. The molecule has 2 rings (SSSR count). The van der Waals surface area contributed by atoms with Gasteiger partial charge in [0.2, 0.25) is 0 Å². The lowest BCUT2D eigenvalue weighted by atomic mass is 10.0. The molecule has 0 atom stereocenters. The van der Waals surface area contributed by atoms with Crippen LogP contribution in [0.15, 0.2) is 36.4 Å². The Bertz CT molecular complexity index is 649. The van der Waals surface area contributed by atoms with Crippen molar-refractivity contribution in [2.75, 3.05) is 7.11 Å². The Morgan fingerprint density at radius 2 is 2.05 bits per heavy atom. The number of nitrogens with zero attached hydrogens (tertiary/aromatic N) is 1. The summed E-state index contributed by atoms with van der Waals surface area (Å²) in [4.78, 5) is 0. The van der Waals surface area contributed by atoms with E-state index in [1.165, 1.54) is 12.1 Å². The van der Waals surface area contributed by atoms with Crippen LogP contribution in [0.3, 0.4) is 0 Å². The highest BCUT2D eigenvalue weighted by molar-refractivity contribution is 6.33. The maximum atomic E-state index is 13.0. The maximum absolute atomic E-state index is 13.0. The second-order valence-electron chi connectivity index (χ2n) is 3.99. The molecule has 0 fully saturated rings. The summed E-state index contributed by atoms with van der Waals surface area (Å²) in [6, 6.07) is 11.8. The van der Waals surface area contributed by atoms with E-state index in [0.717, 1.165) is 16.7 Å². The quantitative estimate of drug-likeness (QED) is 0.840. The van der Waals surface area contributed by atoms with Crippen molar-refractivity contribution in [2.45, 2.75) is 6.42 Å². The Labute approximate surface area is 116 Å². The second-order valence-corrected chi connectivity index (χ2v) is 4.39. The van der Waals surface area contributed by atoms with E-state index in [0.29, 0.717) is 10.8 Å². The molecule has 0 N–H and O–H groups in total. The predicted octanol–water partition coefficient (Wildman–Crippen LogP) is 4.22. The molecule has 19 heavy (non-hydrogen) atoms. The van der Waals surface area contributed by atoms with E-state index in [1.807, 2.05) is 12.1 Å². The van der Waals surface area contributed by atoms with Crippen molar-refractivity contribution in [3.63, 3.8) is 0 Å². The lowest BCUT2D eigenvalue weighted by Crippen LogP contribution is -1.92. The van der Waals surface area contributed by atoms with Crippen LogP contribution in [0, 0.1) is 17.1 Å². The Balaban J connectivity index is 2.51. The third-order valence-electron chi connectivity index (χ3n) is 2.79. The number of rotatable bonds is 3. The highest BCUT2D eigenvalue weighted by atomic mass is 35.5. The molecule has 0 spiro atoms. The third-order valence-corrected chi connectivity index (χ3v) is 3.10. The maximum Gasteiger partial charge on any atom is 0.124 e. The van der Waals surface area contributed by atoms with E-state index < -0.39 is 0 Å². The van der Waals surface area contributed by atoms with Crippen molar-refractivity contribution < 1.29 is 9.13 Å². The summed E-state index contributed by atoms with van der Waals surface area (Å²) < 4.78 is 18.2. The summed E-state index contributed by atoms with van der Waals surface area (Å²) in [5.41, 5.74) is 2.34. The van der Waals surface area contributed by atoms with E-state index in [1.54, 1.807) is 19.2 Å². The van der Waals surface area contributed by atoms with Crippen LogP contribution in [0.2, 0.25) is 5.02 Å². The van der Waals surface area contributed by atoms with Crippen LogP contribution in [-0.2, 0) is 6.42 Å². The van der Waals surface area contributed by atoms with Crippen LogP contribution >= 0.6 is 11.6 Å². The predicted molar refractivity (Wildman–Crippen MR) is 72.7 cm³/mol. The molecule has 0 aliphatic carbocycles. The molecule has 0 aliphatic rings. The summed E-state index contributed by atoms with van der Waals surface area (Å²) in [6.45, 7) is 0. The van der Waals surface area contributed by atoms with Gasteiger partial charge in [-0.15, -0.1) is 0 Å². The average molecular weight is 276 g/mol. The van der Waals surface area contributed by atoms with Crippen molar-refractivity contribution in [3.8, 4) is 22.9 Å². The first-order chi connectivity index (χ1) is 9.15. The molecular formula is C15H11ClFNO.